The summed E-state index contributed by atoms with van der Waals surface area (Å²) in [7, 11) is -4.00. The Morgan fingerprint density at radius 3 is 2.50 bits per heavy atom. The Labute approximate surface area is 83.3 Å². The van der Waals surface area contributed by atoms with Crippen LogP contribution in [-0.2, 0) is 10.0 Å². The quantitative estimate of drug-likeness (QED) is 0.505. The lowest BCUT2D eigenvalue weighted by Gasteiger charge is -1.94. The highest BCUT2D eigenvalue weighted by Gasteiger charge is 2.20. The first-order valence-electron chi connectivity index (χ1n) is 3.23. The van der Waals surface area contributed by atoms with E-state index in [4.69, 9.17) is 16.7 Å². The minimum atomic E-state index is -4.00. The minimum absolute atomic E-state index is 0.00803. The van der Waals surface area contributed by atoms with Gasteiger partial charge in [-0.1, -0.05) is 4.89 Å². The van der Waals surface area contributed by atoms with E-state index in [1.54, 1.807) is 0 Å². The molecule has 0 aromatic carbocycles. The summed E-state index contributed by atoms with van der Waals surface area (Å²) in [5.41, 5.74) is 10.2. The Hall–Kier alpha value is -1.16. The molecular formula is C5H7N3O4S2. The molecule has 0 radical (unpaired) electrons. The Balaban J connectivity index is 3.29. The highest BCUT2D eigenvalue weighted by atomic mass is 32.2. The van der Waals surface area contributed by atoms with E-state index in [-0.39, 0.29) is 14.8 Å². The Morgan fingerprint density at radius 1 is 1.57 bits per heavy atom. The molecule has 0 aliphatic heterocycles. The summed E-state index contributed by atoms with van der Waals surface area (Å²) >= 11 is 0.641. The van der Waals surface area contributed by atoms with Crippen molar-refractivity contribution in [1.82, 2.24) is 4.89 Å². The minimum Gasteiger partial charge on any atom is -0.390 e. The van der Waals surface area contributed by atoms with Crippen molar-refractivity contribution in [2.75, 3.05) is 5.73 Å². The zero-order valence-corrected chi connectivity index (χ0v) is 8.35. The van der Waals surface area contributed by atoms with E-state index in [2.05, 4.69) is 0 Å². The van der Waals surface area contributed by atoms with Gasteiger partial charge < -0.3 is 16.7 Å². The molecule has 0 aliphatic carbocycles. The topological polar surface area (TPSA) is 136 Å². The smallest absolute Gasteiger partial charge is 0.271 e. The van der Waals surface area contributed by atoms with Crippen LogP contribution < -0.4 is 16.4 Å². The van der Waals surface area contributed by atoms with E-state index in [1.165, 1.54) is 0 Å². The zero-order valence-electron chi connectivity index (χ0n) is 6.72. The van der Waals surface area contributed by atoms with Crippen molar-refractivity contribution in [3.8, 4) is 0 Å². The van der Waals surface area contributed by atoms with Gasteiger partial charge in [0.25, 0.3) is 15.9 Å². The summed E-state index contributed by atoms with van der Waals surface area (Å²) in [4.78, 5) is 11.8. The number of nitrogens with one attached hydrogen (secondary N) is 1. The normalized spacial score (nSPS) is 11.5. The molecule has 1 amide bonds. The van der Waals surface area contributed by atoms with Gasteiger partial charge in [0, 0.05) is 0 Å². The number of nitrogen functional groups attached to an aromatic ring is 1. The Morgan fingerprint density at radius 2 is 2.14 bits per heavy atom. The van der Waals surface area contributed by atoms with Crippen molar-refractivity contribution >= 4 is 32.3 Å². The lowest BCUT2D eigenvalue weighted by molar-refractivity contribution is 0.100. The highest BCUT2D eigenvalue weighted by Crippen LogP contribution is 2.27. The molecule has 0 fully saturated rings. The van der Waals surface area contributed by atoms with Gasteiger partial charge in [-0.15, -0.1) is 11.3 Å². The third-order valence-corrected chi connectivity index (χ3v) is 3.94. The van der Waals surface area contributed by atoms with Crippen molar-refractivity contribution in [2.45, 2.75) is 4.21 Å². The number of nitrogens with two attached hydrogens (primary N) is 2. The predicted molar refractivity (Wildman–Crippen MR) is 49.4 cm³/mol. The van der Waals surface area contributed by atoms with Gasteiger partial charge >= 0.3 is 0 Å². The van der Waals surface area contributed by atoms with Crippen LogP contribution in [0.25, 0.3) is 0 Å². The molecule has 0 unspecified atom stereocenters. The van der Waals surface area contributed by atoms with Gasteiger partial charge in [0.15, 0.2) is 0 Å². The molecule has 9 heteroatoms. The molecule has 1 aromatic rings. The van der Waals surface area contributed by atoms with Gasteiger partial charge in [-0.05, 0) is 6.07 Å². The molecule has 7 nitrogen and oxygen atoms in total. The largest absolute Gasteiger partial charge is 0.390 e. The SMILES string of the molecule is NC(=O)c1cc(S(=O)(=O)NO)sc1N. The number of thiophene rings is 1. The molecule has 0 bridgehead atoms. The monoisotopic (exact) mass is 237 g/mol. The van der Waals surface area contributed by atoms with Crippen molar-refractivity contribution in [2.24, 2.45) is 5.73 Å². The summed E-state index contributed by atoms with van der Waals surface area (Å²) in [6, 6.07) is 1.00. The third kappa shape index (κ3) is 1.85. The molecule has 0 saturated heterocycles. The summed E-state index contributed by atoms with van der Waals surface area (Å²) < 4.78 is 21.8. The molecule has 0 saturated carbocycles. The van der Waals surface area contributed by atoms with Crippen LogP contribution in [0.5, 0.6) is 0 Å². The molecule has 1 heterocycles. The van der Waals surface area contributed by atoms with Crippen LogP contribution in [0.1, 0.15) is 10.4 Å². The lowest BCUT2D eigenvalue weighted by atomic mass is 10.3. The summed E-state index contributed by atoms with van der Waals surface area (Å²) in [5.74, 6) is -0.821. The molecular weight excluding hydrogens is 230 g/mol. The second kappa shape index (κ2) is 3.53. The number of hydrogen-bond acceptors (Lipinski definition) is 6. The van der Waals surface area contributed by atoms with Crippen LogP contribution in [0.3, 0.4) is 0 Å². The van der Waals surface area contributed by atoms with Crippen LogP contribution in [-0.4, -0.2) is 19.5 Å². The van der Waals surface area contributed by atoms with Crippen LogP contribution >= 0.6 is 11.3 Å². The number of amides is 1. The lowest BCUT2D eigenvalue weighted by Crippen LogP contribution is -2.18. The number of sulfonamides is 1. The summed E-state index contributed by atoms with van der Waals surface area (Å²) in [6.07, 6.45) is 0. The number of hydrogen-bond donors (Lipinski definition) is 4. The first kappa shape index (κ1) is 10.9. The van der Waals surface area contributed by atoms with Crippen molar-refractivity contribution in [1.29, 1.82) is 0 Å². The number of primary amides is 1. The van der Waals surface area contributed by atoms with Crippen LogP contribution in [0.4, 0.5) is 5.00 Å². The molecule has 0 aliphatic rings. The van der Waals surface area contributed by atoms with Gasteiger partial charge in [-0.3, -0.25) is 4.79 Å². The standard InChI is InChI=1S/C5H7N3O4S2/c6-4(9)2-1-3(13-5(2)7)14(11,12)8-10/h1,8,10H,7H2,(H2,6,9). The maximum absolute atomic E-state index is 11.0. The van der Waals surface area contributed by atoms with E-state index < -0.39 is 15.9 Å². The Bertz CT molecular complexity index is 463. The average molecular weight is 237 g/mol. The fourth-order valence-electron chi connectivity index (χ4n) is 0.752. The number of anilines is 1. The number of carbonyl (C=O) groups excluding carboxylic acids is 1. The van der Waals surface area contributed by atoms with E-state index in [1.807, 2.05) is 0 Å². The average Bonchev–Trinajstić information content (AvgIpc) is 2.48. The van der Waals surface area contributed by atoms with E-state index in [0.29, 0.717) is 11.3 Å². The molecule has 78 valence electrons. The first-order valence-corrected chi connectivity index (χ1v) is 5.53. The molecule has 6 N–H and O–H groups in total. The fraction of sp³-hybridized carbons (Fsp3) is 0. The molecule has 14 heavy (non-hydrogen) atoms. The van der Waals surface area contributed by atoms with E-state index >= 15 is 0 Å². The van der Waals surface area contributed by atoms with Crippen molar-refractivity contribution in [3.63, 3.8) is 0 Å². The first-order chi connectivity index (χ1) is 6.38. The third-order valence-electron chi connectivity index (χ3n) is 1.39. The van der Waals surface area contributed by atoms with Crippen LogP contribution in [0.2, 0.25) is 0 Å². The predicted octanol–water partition coefficient (Wildman–Crippen LogP) is -0.903. The second-order valence-electron chi connectivity index (χ2n) is 2.30. The van der Waals surface area contributed by atoms with Crippen LogP contribution in [0, 0.1) is 0 Å². The molecule has 0 atom stereocenters. The van der Waals surface area contributed by atoms with Gasteiger partial charge in [-0.2, -0.15) is 0 Å². The summed E-state index contributed by atoms with van der Waals surface area (Å²) in [6.45, 7) is 0. The number of carbonyl (C=O) groups is 1. The van der Waals surface area contributed by atoms with Crippen molar-refractivity contribution < 1.29 is 18.4 Å². The Kier molecular flexibility index (Phi) is 2.76. The van der Waals surface area contributed by atoms with E-state index in [0.717, 1.165) is 11.0 Å². The highest BCUT2D eigenvalue weighted by molar-refractivity contribution is 7.91. The van der Waals surface area contributed by atoms with Gasteiger partial charge in [0.2, 0.25) is 0 Å². The zero-order chi connectivity index (χ0) is 10.9. The van der Waals surface area contributed by atoms with Gasteiger partial charge in [-0.25, -0.2) is 8.42 Å². The van der Waals surface area contributed by atoms with Gasteiger partial charge in [0.1, 0.15) is 4.21 Å². The maximum Gasteiger partial charge on any atom is 0.271 e. The summed E-state index contributed by atoms with van der Waals surface area (Å²) in [5, 5.41) is 8.29. The maximum atomic E-state index is 11.0. The van der Waals surface area contributed by atoms with Crippen molar-refractivity contribution in [3.05, 3.63) is 11.6 Å². The van der Waals surface area contributed by atoms with E-state index in [9.17, 15) is 13.2 Å². The molecule has 1 rings (SSSR count). The van der Waals surface area contributed by atoms with Crippen LogP contribution in [0.15, 0.2) is 10.3 Å². The molecule has 1 aromatic heterocycles. The molecule has 0 spiro atoms. The number of rotatable bonds is 3. The second-order valence-corrected chi connectivity index (χ2v) is 5.27. The fourth-order valence-corrected chi connectivity index (χ4v) is 2.60. The van der Waals surface area contributed by atoms with Gasteiger partial charge in [0.05, 0.1) is 10.6 Å².